The molecule has 4 aromatic rings. The van der Waals surface area contributed by atoms with Crippen molar-refractivity contribution in [3.05, 3.63) is 41.7 Å². The number of aliphatic hydroxyl groups excluding tert-OH is 1. The average molecular weight is 469 g/mol. The van der Waals surface area contributed by atoms with E-state index in [9.17, 15) is 5.11 Å². The number of aryl methyl sites for hydroxylation is 1. The van der Waals surface area contributed by atoms with Crippen LogP contribution in [0.5, 0.6) is 0 Å². The van der Waals surface area contributed by atoms with Crippen LogP contribution in [0.3, 0.4) is 0 Å². The Kier molecular flexibility index (Phi) is 6.27. The molecule has 4 N–H and O–H groups in total. The third kappa shape index (κ3) is 4.71. The number of anilines is 3. The molecule has 10 nitrogen and oxygen atoms in total. The van der Waals surface area contributed by atoms with Crippen molar-refractivity contribution < 1.29 is 9.84 Å². The Morgan fingerprint density at radius 3 is 2.91 bits per heavy atom. The van der Waals surface area contributed by atoms with Crippen molar-refractivity contribution in [1.29, 1.82) is 0 Å². The molecule has 4 aromatic heterocycles. The molecule has 33 heavy (non-hydrogen) atoms. The summed E-state index contributed by atoms with van der Waals surface area (Å²) in [5.41, 5.74) is 3.51. The van der Waals surface area contributed by atoms with Gasteiger partial charge in [0.2, 0.25) is 5.95 Å². The minimum Gasteiger partial charge on any atom is -0.381 e. The summed E-state index contributed by atoms with van der Waals surface area (Å²) in [6.07, 6.45) is 6.95. The van der Waals surface area contributed by atoms with E-state index in [-0.39, 0.29) is 6.04 Å². The number of hydrogen-bond donors (Lipinski definition) is 4. The van der Waals surface area contributed by atoms with Gasteiger partial charge in [-0.2, -0.15) is 10.1 Å². The molecule has 1 fully saturated rings. The number of aromatic nitrogens is 5. The third-order valence-electron chi connectivity index (χ3n) is 5.63. The minimum absolute atomic E-state index is 0.283. The number of aliphatic hydroxyl groups is 1. The zero-order chi connectivity index (χ0) is 22.8. The molecule has 0 aromatic carbocycles. The summed E-state index contributed by atoms with van der Waals surface area (Å²) in [4.78, 5) is 9.61. The van der Waals surface area contributed by atoms with Gasteiger partial charge >= 0.3 is 0 Å². The normalized spacial score (nSPS) is 15.7. The van der Waals surface area contributed by atoms with E-state index in [0.29, 0.717) is 12.5 Å². The van der Waals surface area contributed by atoms with Gasteiger partial charge in [-0.1, -0.05) is 6.92 Å². The molecule has 5 rings (SSSR count). The van der Waals surface area contributed by atoms with Crippen LogP contribution in [0.15, 0.2) is 36.1 Å². The molecular formula is C22H28N8O2S. The monoisotopic (exact) mass is 468 g/mol. The van der Waals surface area contributed by atoms with E-state index >= 15 is 0 Å². The minimum atomic E-state index is -0.690. The fourth-order valence-electron chi connectivity index (χ4n) is 3.97. The van der Waals surface area contributed by atoms with E-state index in [2.05, 4.69) is 25.6 Å². The smallest absolute Gasteiger partial charge is 0.230 e. The highest BCUT2D eigenvalue weighted by atomic mass is 32.1. The first-order chi connectivity index (χ1) is 16.1. The van der Waals surface area contributed by atoms with Crippen molar-refractivity contribution in [3.8, 4) is 5.69 Å². The summed E-state index contributed by atoms with van der Waals surface area (Å²) in [6, 6.07) is 4.18. The molecule has 0 aliphatic carbocycles. The Morgan fingerprint density at radius 2 is 2.15 bits per heavy atom. The van der Waals surface area contributed by atoms with Crippen LogP contribution in [0.4, 0.5) is 16.8 Å². The lowest BCUT2D eigenvalue weighted by Crippen LogP contribution is -2.28. The van der Waals surface area contributed by atoms with Crippen LogP contribution in [0.1, 0.15) is 31.6 Å². The maximum Gasteiger partial charge on any atom is 0.230 e. The van der Waals surface area contributed by atoms with Crippen LogP contribution >= 0.6 is 11.3 Å². The van der Waals surface area contributed by atoms with Crippen LogP contribution in [0.2, 0.25) is 0 Å². The Balaban J connectivity index is 1.49. The quantitative estimate of drug-likeness (QED) is 0.292. The second-order valence-electron chi connectivity index (χ2n) is 8.05. The first kappa shape index (κ1) is 21.8. The van der Waals surface area contributed by atoms with Crippen LogP contribution in [-0.4, -0.2) is 55.2 Å². The van der Waals surface area contributed by atoms with Crippen molar-refractivity contribution in [2.45, 2.75) is 32.0 Å². The Bertz CT molecular complexity index is 1230. The summed E-state index contributed by atoms with van der Waals surface area (Å²) in [6.45, 7) is 4.14. The Hall–Kier alpha value is -2.99. The molecule has 0 spiro atoms. The first-order valence-electron chi connectivity index (χ1n) is 11.1. The van der Waals surface area contributed by atoms with Gasteiger partial charge in [0, 0.05) is 49.6 Å². The van der Waals surface area contributed by atoms with E-state index in [4.69, 9.17) is 14.7 Å². The van der Waals surface area contributed by atoms with Crippen molar-refractivity contribution in [2.24, 2.45) is 7.05 Å². The molecule has 1 saturated heterocycles. The van der Waals surface area contributed by atoms with E-state index in [1.807, 2.05) is 50.1 Å². The highest BCUT2D eigenvalue weighted by Gasteiger charge is 2.20. The first-order valence-corrected chi connectivity index (χ1v) is 12.0. The predicted molar refractivity (Wildman–Crippen MR) is 129 cm³/mol. The van der Waals surface area contributed by atoms with Gasteiger partial charge in [0.25, 0.3) is 0 Å². The van der Waals surface area contributed by atoms with Gasteiger partial charge in [-0.3, -0.25) is 10.00 Å². The summed E-state index contributed by atoms with van der Waals surface area (Å²) < 4.78 is 9.36. The molecule has 11 heteroatoms. The van der Waals surface area contributed by atoms with E-state index in [0.717, 1.165) is 59.2 Å². The van der Waals surface area contributed by atoms with Crippen molar-refractivity contribution in [2.75, 3.05) is 30.4 Å². The van der Waals surface area contributed by atoms with E-state index in [1.54, 1.807) is 4.68 Å². The number of nitrogens with one attached hydrogen (secondary N) is 3. The number of rotatable bonds is 8. The average Bonchev–Trinajstić information content (AvgIpc) is 3.54. The summed E-state index contributed by atoms with van der Waals surface area (Å²) in [5.74, 6) is 1.28. The van der Waals surface area contributed by atoms with Crippen LogP contribution in [0.25, 0.3) is 16.7 Å². The fraction of sp³-hybridized carbons (Fsp3) is 0.409. The van der Waals surface area contributed by atoms with Gasteiger partial charge in [-0.15, -0.1) is 11.3 Å². The molecule has 0 bridgehead atoms. The molecule has 174 valence electrons. The fourth-order valence-corrected chi connectivity index (χ4v) is 4.78. The lowest BCUT2D eigenvalue weighted by molar-refractivity contribution is 0.0904. The van der Waals surface area contributed by atoms with Gasteiger partial charge in [-0.05, 0) is 31.5 Å². The zero-order valence-corrected chi connectivity index (χ0v) is 19.5. The standard InChI is InChI=1S/C22H28N8O2S/c1-3-23-21(31)14-10-18(33-13-14)27-22-26-17-4-7-30(16-11-24-29(2)12-16)19(17)20(28-22)25-15-5-8-32-9-6-15/h4,7,10-13,15,21,23,31H,3,5-6,8-9H2,1-2H3,(H2,25,26,27,28). The molecule has 1 aliphatic rings. The molecule has 0 saturated carbocycles. The van der Waals surface area contributed by atoms with Crippen molar-refractivity contribution in [3.63, 3.8) is 0 Å². The van der Waals surface area contributed by atoms with Gasteiger partial charge < -0.3 is 25.0 Å². The van der Waals surface area contributed by atoms with E-state index < -0.39 is 6.23 Å². The number of hydrogen-bond acceptors (Lipinski definition) is 9. The van der Waals surface area contributed by atoms with Crippen molar-refractivity contribution >= 4 is 39.1 Å². The second kappa shape index (κ2) is 9.48. The number of fused-ring (bicyclic) bond motifs is 1. The Labute approximate surface area is 195 Å². The highest BCUT2D eigenvalue weighted by Crippen LogP contribution is 2.31. The molecular weight excluding hydrogens is 440 g/mol. The molecule has 1 atom stereocenters. The van der Waals surface area contributed by atoms with Gasteiger partial charge in [0.05, 0.1) is 22.4 Å². The second-order valence-corrected chi connectivity index (χ2v) is 8.96. The van der Waals surface area contributed by atoms with Gasteiger partial charge in [-0.25, -0.2) is 4.98 Å². The summed E-state index contributed by atoms with van der Waals surface area (Å²) in [7, 11) is 1.90. The molecule has 0 radical (unpaired) electrons. The number of nitrogens with zero attached hydrogens (tertiary/aromatic N) is 5. The van der Waals surface area contributed by atoms with Gasteiger partial charge in [0.1, 0.15) is 11.7 Å². The number of ether oxygens (including phenoxy) is 1. The Morgan fingerprint density at radius 1 is 1.30 bits per heavy atom. The summed E-state index contributed by atoms with van der Waals surface area (Å²) in [5, 5.41) is 27.2. The molecule has 0 amide bonds. The van der Waals surface area contributed by atoms with E-state index in [1.165, 1.54) is 11.3 Å². The van der Waals surface area contributed by atoms with Crippen LogP contribution in [-0.2, 0) is 11.8 Å². The highest BCUT2D eigenvalue weighted by molar-refractivity contribution is 7.14. The number of thiophene rings is 1. The maximum absolute atomic E-state index is 10.2. The maximum atomic E-state index is 10.2. The molecule has 1 unspecified atom stereocenters. The zero-order valence-electron chi connectivity index (χ0n) is 18.7. The third-order valence-corrected chi connectivity index (χ3v) is 6.50. The van der Waals surface area contributed by atoms with Crippen molar-refractivity contribution in [1.82, 2.24) is 29.6 Å². The SMILES string of the molecule is CCNC(O)c1csc(Nc2nc(NC3CCOCC3)c3c(ccn3-c3cnn(C)c3)n2)c1. The van der Waals surface area contributed by atoms with Crippen LogP contribution < -0.4 is 16.0 Å². The topological polar surface area (TPSA) is 114 Å². The van der Waals surface area contributed by atoms with Gasteiger partial charge in [0.15, 0.2) is 5.82 Å². The summed E-state index contributed by atoms with van der Waals surface area (Å²) >= 11 is 1.51. The lowest BCUT2D eigenvalue weighted by atomic mass is 10.1. The predicted octanol–water partition coefficient (Wildman–Crippen LogP) is 3.15. The molecule has 5 heterocycles. The lowest BCUT2D eigenvalue weighted by Gasteiger charge is -2.24. The largest absolute Gasteiger partial charge is 0.381 e. The molecule has 1 aliphatic heterocycles. The van der Waals surface area contributed by atoms with Crippen LogP contribution in [0, 0.1) is 0 Å².